The minimum Gasteiger partial charge on any atom is -0.382 e. The number of imidazole rings is 1. The minimum atomic E-state index is -0.273. The molecule has 0 radical (unpaired) electrons. The summed E-state index contributed by atoms with van der Waals surface area (Å²) in [4.78, 5) is 40.9. The topological polar surface area (TPSA) is 119 Å². The number of carbonyl (C=O) groups is 2. The van der Waals surface area contributed by atoms with Crippen molar-refractivity contribution in [2.45, 2.75) is 18.9 Å². The van der Waals surface area contributed by atoms with E-state index >= 15 is 0 Å². The number of hydrogen-bond acceptors (Lipinski definition) is 6. The van der Waals surface area contributed by atoms with Gasteiger partial charge in [0.2, 0.25) is 5.91 Å². The van der Waals surface area contributed by atoms with Crippen molar-refractivity contribution in [3.63, 3.8) is 0 Å². The molecule has 3 aromatic heterocycles. The van der Waals surface area contributed by atoms with Crippen LogP contribution >= 0.6 is 0 Å². The highest BCUT2D eigenvalue weighted by atomic mass is 16.2. The van der Waals surface area contributed by atoms with Crippen LogP contribution in [-0.4, -0.2) is 42.6 Å². The molecule has 198 valence electrons. The summed E-state index contributed by atoms with van der Waals surface area (Å²) in [6.45, 7) is 4.29. The number of carbonyl (C=O) groups excluding carboxylic acids is 2. The van der Waals surface area contributed by atoms with E-state index in [4.69, 9.17) is 10.7 Å². The Morgan fingerprint density at radius 1 is 0.975 bits per heavy atom. The first kappa shape index (κ1) is 25.0. The van der Waals surface area contributed by atoms with Crippen LogP contribution in [0.4, 0.5) is 11.6 Å². The number of likely N-dealkylation sites (tertiary alicyclic amines) is 1. The van der Waals surface area contributed by atoms with Gasteiger partial charge in [-0.3, -0.25) is 14.0 Å². The molecule has 0 unspecified atom stereocenters. The van der Waals surface area contributed by atoms with E-state index in [0.29, 0.717) is 35.0 Å². The number of pyridine rings is 1. The summed E-state index contributed by atoms with van der Waals surface area (Å²) < 4.78 is 1.91. The number of rotatable bonds is 6. The Labute approximate surface area is 231 Å². The van der Waals surface area contributed by atoms with Crippen molar-refractivity contribution >= 4 is 29.0 Å². The fraction of sp³-hybridized carbons (Fsp3) is 0.129. The fourth-order valence-electron chi connectivity index (χ4n) is 5.22. The normalized spacial score (nSPS) is 14.8. The first-order valence-electron chi connectivity index (χ1n) is 13.0. The quantitative estimate of drug-likeness (QED) is 0.294. The van der Waals surface area contributed by atoms with E-state index < -0.39 is 0 Å². The van der Waals surface area contributed by atoms with E-state index in [1.807, 2.05) is 65.2 Å². The summed E-state index contributed by atoms with van der Waals surface area (Å²) in [5.74, 6) is 1.13. The third kappa shape index (κ3) is 4.58. The maximum Gasteiger partial charge on any atom is 0.256 e. The molecule has 0 bridgehead atoms. The number of nitrogens with two attached hydrogens (primary N) is 1. The highest BCUT2D eigenvalue weighted by Crippen LogP contribution is 2.36. The van der Waals surface area contributed by atoms with Crippen LogP contribution in [-0.2, 0) is 4.79 Å². The van der Waals surface area contributed by atoms with Crippen LogP contribution in [0.3, 0.4) is 0 Å². The number of amides is 2. The van der Waals surface area contributed by atoms with Crippen molar-refractivity contribution in [3.05, 3.63) is 109 Å². The Morgan fingerprint density at radius 3 is 2.55 bits per heavy atom. The zero-order valence-corrected chi connectivity index (χ0v) is 21.7. The molecule has 0 spiro atoms. The second-order valence-corrected chi connectivity index (χ2v) is 9.57. The van der Waals surface area contributed by atoms with Gasteiger partial charge in [0.1, 0.15) is 28.7 Å². The largest absolute Gasteiger partial charge is 0.382 e. The summed E-state index contributed by atoms with van der Waals surface area (Å²) in [6.07, 6.45) is 8.11. The molecule has 3 N–H and O–H groups in total. The molecule has 2 aromatic carbocycles. The van der Waals surface area contributed by atoms with Gasteiger partial charge < -0.3 is 16.0 Å². The van der Waals surface area contributed by atoms with Crippen molar-refractivity contribution in [3.8, 4) is 22.4 Å². The Bertz CT molecular complexity index is 1730. The highest BCUT2D eigenvalue weighted by molar-refractivity contribution is 6.04. The van der Waals surface area contributed by atoms with Gasteiger partial charge in [-0.05, 0) is 54.3 Å². The number of fused-ring (bicyclic) bond motifs is 1. The maximum atomic E-state index is 13.0. The zero-order valence-electron chi connectivity index (χ0n) is 21.7. The lowest BCUT2D eigenvalue weighted by Crippen LogP contribution is -2.29. The van der Waals surface area contributed by atoms with Gasteiger partial charge >= 0.3 is 0 Å². The van der Waals surface area contributed by atoms with Gasteiger partial charge in [-0.2, -0.15) is 0 Å². The molecule has 4 heterocycles. The van der Waals surface area contributed by atoms with Crippen LogP contribution in [0, 0.1) is 0 Å². The average Bonchev–Trinajstić information content (AvgIpc) is 3.63. The highest BCUT2D eigenvalue weighted by Gasteiger charge is 2.33. The molecule has 2 amide bonds. The average molecular weight is 530 g/mol. The smallest absolute Gasteiger partial charge is 0.256 e. The first-order chi connectivity index (χ1) is 19.5. The van der Waals surface area contributed by atoms with Crippen molar-refractivity contribution in [2.75, 3.05) is 17.6 Å². The van der Waals surface area contributed by atoms with Crippen LogP contribution in [0.5, 0.6) is 0 Å². The summed E-state index contributed by atoms with van der Waals surface area (Å²) in [6, 6.07) is 20.6. The summed E-state index contributed by atoms with van der Waals surface area (Å²) in [5, 5.41) is 2.88. The summed E-state index contributed by atoms with van der Waals surface area (Å²) >= 11 is 0. The number of anilines is 2. The first-order valence-corrected chi connectivity index (χ1v) is 13.0. The van der Waals surface area contributed by atoms with Crippen LogP contribution in [0.25, 0.3) is 27.9 Å². The molecule has 9 nitrogen and oxygen atoms in total. The predicted molar refractivity (Wildman–Crippen MR) is 154 cm³/mol. The lowest BCUT2D eigenvalue weighted by atomic mass is 10.1. The number of benzene rings is 2. The Hall–Kier alpha value is -5.31. The second kappa shape index (κ2) is 10.5. The number of aromatic nitrogens is 4. The molecule has 1 aliphatic heterocycles. The number of hydrogen-bond donors (Lipinski definition) is 2. The van der Waals surface area contributed by atoms with Gasteiger partial charge in [-0.15, -0.1) is 0 Å². The molecule has 9 heteroatoms. The Balaban J connectivity index is 1.29. The molecular weight excluding hydrogens is 502 g/mol. The molecule has 5 aromatic rings. The van der Waals surface area contributed by atoms with Gasteiger partial charge in [0.15, 0.2) is 0 Å². The lowest BCUT2D eigenvalue weighted by molar-refractivity contribution is -0.127. The zero-order chi connectivity index (χ0) is 27.6. The third-order valence-corrected chi connectivity index (χ3v) is 7.15. The molecule has 1 aliphatic rings. The maximum absolute atomic E-state index is 13.0. The molecule has 1 fully saturated rings. The summed E-state index contributed by atoms with van der Waals surface area (Å²) in [7, 11) is 0. The molecule has 0 aliphatic carbocycles. The van der Waals surface area contributed by atoms with Gasteiger partial charge in [-0.25, -0.2) is 15.0 Å². The predicted octanol–water partition coefficient (Wildman–Crippen LogP) is 5.14. The number of nitrogens with zero attached hydrogens (tertiary/aromatic N) is 5. The van der Waals surface area contributed by atoms with E-state index in [0.717, 1.165) is 35.4 Å². The van der Waals surface area contributed by atoms with E-state index in [1.54, 1.807) is 29.4 Å². The van der Waals surface area contributed by atoms with Crippen molar-refractivity contribution in [1.29, 1.82) is 0 Å². The second-order valence-electron chi connectivity index (χ2n) is 9.57. The SMILES string of the molecule is C=CC(=O)N1CCC[C@H]1c1nc(-c2ccc(C(=O)Nc3cc(-c4ccccc4)ccn3)cc2)c2c(N)nccn12. The van der Waals surface area contributed by atoms with Crippen LogP contribution in [0.2, 0.25) is 0 Å². The van der Waals surface area contributed by atoms with Gasteiger partial charge in [0, 0.05) is 36.3 Å². The van der Waals surface area contributed by atoms with Crippen molar-refractivity contribution < 1.29 is 9.59 Å². The Kier molecular flexibility index (Phi) is 6.53. The lowest BCUT2D eigenvalue weighted by Gasteiger charge is -2.22. The van der Waals surface area contributed by atoms with E-state index in [9.17, 15) is 9.59 Å². The van der Waals surface area contributed by atoms with E-state index in [2.05, 4.69) is 21.9 Å². The molecule has 40 heavy (non-hydrogen) atoms. The fourth-order valence-corrected chi connectivity index (χ4v) is 5.22. The van der Waals surface area contributed by atoms with Gasteiger partial charge in [0.25, 0.3) is 5.91 Å². The van der Waals surface area contributed by atoms with Gasteiger partial charge in [0.05, 0.1) is 6.04 Å². The Morgan fingerprint density at radius 2 is 1.77 bits per heavy atom. The van der Waals surface area contributed by atoms with Crippen molar-refractivity contribution in [2.24, 2.45) is 0 Å². The van der Waals surface area contributed by atoms with Crippen LogP contribution in [0.15, 0.2) is 98.0 Å². The molecule has 6 rings (SSSR count). The third-order valence-electron chi connectivity index (χ3n) is 7.15. The monoisotopic (exact) mass is 529 g/mol. The van der Waals surface area contributed by atoms with Gasteiger partial charge in [-0.1, -0.05) is 49.0 Å². The molecule has 1 saturated heterocycles. The van der Waals surface area contributed by atoms with Crippen LogP contribution < -0.4 is 11.1 Å². The number of nitrogen functional groups attached to an aromatic ring is 1. The molecule has 0 saturated carbocycles. The van der Waals surface area contributed by atoms with Crippen LogP contribution in [0.1, 0.15) is 35.1 Å². The molecular formula is C31H27N7O2. The van der Waals surface area contributed by atoms with Crippen molar-refractivity contribution in [1.82, 2.24) is 24.3 Å². The molecule has 1 atom stereocenters. The minimum absolute atomic E-state index is 0.123. The standard InChI is InChI=1S/C31H27N7O2/c1-2-26(39)37-17-6-9-24(37)30-36-27(28-29(32)34-16-18-38(28)30)21-10-12-22(13-11-21)31(40)35-25-19-23(14-15-33-25)20-7-4-3-5-8-20/h2-5,7-8,10-16,18-19,24H,1,6,9,17H2,(H2,32,34)(H,33,35,40)/t24-/m0/s1. The summed E-state index contributed by atoms with van der Waals surface area (Å²) in [5.41, 5.74) is 10.9. The number of nitrogens with one attached hydrogen (secondary N) is 1. The van der Waals surface area contributed by atoms with E-state index in [1.165, 1.54) is 6.08 Å². The van der Waals surface area contributed by atoms with E-state index in [-0.39, 0.29) is 17.9 Å².